The van der Waals surface area contributed by atoms with E-state index in [2.05, 4.69) is 10.0 Å². The van der Waals surface area contributed by atoms with Crippen LogP contribution in [-0.4, -0.2) is 33.4 Å². The molecule has 0 saturated heterocycles. The molecule has 1 atom stereocenters. The molecule has 3 aromatic rings. The highest BCUT2D eigenvalue weighted by Crippen LogP contribution is 2.16. The number of nitrogens with one attached hydrogen (secondary N) is 2. The highest BCUT2D eigenvalue weighted by Gasteiger charge is 2.23. The second kappa shape index (κ2) is 10.8. The van der Waals surface area contributed by atoms with Crippen molar-refractivity contribution in [3.63, 3.8) is 0 Å². The van der Waals surface area contributed by atoms with Crippen molar-refractivity contribution in [2.75, 3.05) is 12.4 Å². The van der Waals surface area contributed by atoms with E-state index in [1.54, 1.807) is 36.4 Å². The van der Waals surface area contributed by atoms with E-state index in [4.69, 9.17) is 9.47 Å². The molecule has 0 aliphatic heterocycles. The molecule has 33 heavy (non-hydrogen) atoms. The maximum Gasteiger partial charge on any atom is 0.324 e. The van der Waals surface area contributed by atoms with Crippen LogP contribution in [0.1, 0.15) is 22.8 Å². The first-order valence-electron chi connectivity index (χ1n) is 10.1. The number of anilines is 1. The highest BCUT2D eigenvalue weighted by molar-refractivity contribution is 7.89. The van der Waals surface area contributed by atoms with Crippen molar-refractivity contribution in [3.05, 3.63) is 90.0 Å². The lowest BCUT2D eigenvalue weighted by molar-refractivity contribution is -0.146. The maximum absolute atomic E-state index is 12.5. The molecule has 0 bridgehead atoms. The molecule has 172 valence electrons. The second-order valence-electron chi connectivity index (χ2n) is 7.14. The predicted molar refractivity (Wildman–Crippen MR) is 123 cm³/mol. The van der Waals surface area contributed by atoms with Gasteiger partial charge in [0.1, 0.15) is 18.4 Å². The largest absolute Gasteiger partial charge is 0.497 e. The van der Waals surface area contributed by atoms with Crippen molar-refractivity contribution >= 4 is 27.6 Å². The smallest absolute Gasteiger partial charge is 0.324 e. The molecule has 8 nitrogen and oxygen atoms in total. The minimum Gasteiger partial charge on any atom is -0.497 e. The molecule has 0 saturated carbocycles. The van der Waals surface area contributed by atoms with Crippen molar-refractivity contribution in [2.24, 2.45) is 0 Å². The van der Waals surface area contributed by atoms with E-state index >= 15 is 0 Å². The van der Waals surface area contributed by atoms with Gasteiger partial charge in [0.05, 0.1) is 12.0 Å². The zero-order chi connectivity index (χ0) is 23.8. The summed E-state index contributed by atoms with van der Waals surface area (Å²) in [6.07, 6.45) is 0. The first kappa shape index (κ1) is 24.0. The lowest BCUT2D eigenvalue weighted by atomic mass is 10.1. The maximum atomic E-state index is 12.5. The molecule has 0 radical (unpaired) electrons. The number of carbonyl (C=O) groups excluding carboxylic acids is 2. The van der Waals surface area contributed by atoms with E-state index in [-0.39, 0.29) is 17.4 Å². The monoisotopic (exact) mass is 468 g/mol. The van der Waals surface area contributed by atoms with Crippen molar-refractivity contribution in [1.82, 2.24) is 4.72 Å². The Labute approximate surface area is 192 Å². The van der Waals surface area contributed by atoms with E-state index < -0.39 is 22.0 Å². The molecule has 0 heterocycles. The Kier molecular flexibility index (Phi) is 7.81. The third-order valence-electron chi connectivity index (χ3n) is 4.68. The van der Waals surface area contributed by atoms with Crippen LogP contribution in [0.4, 0.5) is 5.69 Å². The number of esters is 1. The van der Waals surface area contributed by atoms with Crippen LogP contribution in [0.25, 0.3) is 0 Å². The standard InChI is InChI=1S/C24H24N2O6S/c1-17(26-33(29,30)22-14-12-21(31-2)13-15-22)24(28)32-16-18-8-10-19(11-9-18)23(27)25-20-6-4-3-5-7-20/h3-15,17,26H,16H2,1-2H3,(H,25,27)/t17-/m0/s1. The summed E-state index contributed by atoms with van der Waals surface area (Å²) in [5.41, 5.74) is 1.80. The summed E-state index contributed by atoms with van der Waals surface area (Å²) >= 11 is 0. The van der Waals surface area contributed by atoms with Crippen molar-refractivity contribution in [3.8, 4) is 5.75 Å². The average Bonchev–Trinajstić information content (AvgIpc) is 2.83. The van der Waals surface area contributed by atoms with Gasteiger partial charge in [0, 0.05) is 11.3 Å². The minimum absolute atomic E-state index is 0.00678. The Balaban J connectivity index is 1.52. The molecule has 0 aromatic heterocycles. The Bertz CT molecular complexity index is 1190. The van der Waals surface area contributed by atoms with Gasteiger partial charge >= 0.3 is 5.97 Å². The van der Waals surface area contributed by atoms with Crippen molar-refractivity contribution in [2.45, 2.75) is 24.5 Å². The molecule has 0 aliphatic rings. The third-order valence-corrected chi connectivity index (χ3v) is 6.24. The van der Waals surface area contributed by atoms with E-state index in [1.807, 2.05) is 18.2 Å². The zero-order valence-corrected chi connectivity index (χ0v) is 19.0. The molecule has 0 unspecified atom stereocenters. The number of ether oxygens (including phenoxy) is 2. The number of hydrogen-bond donors (Lipinski definition) is 2. The van der Waals surface area contributed by atoms with Crippen LogP contribution < -0.4 is 14.8 Å². The molecule has 1 amide bonds. The number of amides is 1. The summed E-state index contributed by atoms with van der Waals surface area (Å²) in [7, 11) is -2.43. The van der Waals surface area contributed by atoms with Gasteiger partial charge in [0.25, 0.3) is 5.91 Å². The van der Waals surface area contributed by atoms with Crippen LogP contribution >= 0.6 is 0 Å². The fourth-order valence-electron chi connectivity index (χ4n) is 2.86. The number of sulfonamides is 1. The Morgan fingerprint density at radius 2 is 1.55 bits per heavy atom. The minimum atomic E-state index is -3.90. The highest BCUT2D eigenvalue weighted by atomic mass is 32.2. The molecule has 0 spiro atoms. The van der Waals surface area contributed by atoms with Gasteiger partial charge in [-0.2, -0.15) is 4.72 Å². The van der Waals surface area contributed by atoms with Crippen molar-refractivity contribution < 1.29 is 27.5 Å². The van der Waals surface area contributed by atoms with Gasteiger partial charge in [-0.25, -0.2) is 8.42 Å². The van der Waals surface area contributed by atoms with E-state index in [0.29, 0.717) is 22.6 Å². The second-order valence-corrected chi connectivity index (χ2v) is 8.86. The van der Waals surface area contributed by atoms with Gasteiger partial charge in [0.15, 0.2) is 0 Å². The Morgan fingerprint density at radius 1 is 0.909 bits per heavy atom. The fraction of sp³-hybridized carbons (Fsp3) is 0.167. The molecule has 3 rings (SSSR count). The van der Waals surface area contributed by atoms with Gasteiger partial charge in [-0.1, -0.05) is 30.3 Å². The van der Waals surface area contributed by atoms with Gasteiger partial charge in [0.2, 0.25) is 10.0 Å². The number of hydrogen-bond acceptors (Lipinski definition) is 6. The number of para-hydroxylation sites is 1. The van der Waals surface area contributed by atoms with Crippen LogP contribution in [-0.2, 0) is 26.2 Å². The first-order valence-corrected chi connectivity index (χ1v) is 11.5. The summed E-state index contributed by atoms with van der Waals surface area (Å²) in [4.78, 5) is 24.6. The summed E-state index contributed by atoms with van der Waals surface area (Å²) in [5.74, 6) is -0.464. The van der Waals surface area contributed by atoms with Crippen LogP contribution in [0, 0.1) is 0 Å². The lowest BCUT2D eigenvalue weighted by Crippen LogP contribution is -2.39. The van der Waals surface area contributed by atoms with E-state index in [1.165, 1.54) is 38.3 Å². The summed E-state index contributed by atoms with van der Waals surface area (Å²) in [6.45, 7) is 1.34. The number of methoxy groups -OCH3 is 1. The third kappa shape index (κ3) is 6.64. The quantitative estimate of drug-likeness (QED) is 0.466. The van der Waals surface area contributed by atoms with Gasteiger partial charge < -0.3 is 14.8 Å². The number of rotatable bonds is 9. The summed E-state index contributed by atoms with van der Waals surface area (Å²) in [6, 6.07) is 20.4. The summed E-state index contributed by atoms with van der Waals surface area (Å²) in [5, 5.41) is 2.79. The molecular weight excluding hydrogens is 444 g/mol. The Hall–Kier alpha value is -3.69. The van der Waals surface area contributed by atoms with E-state index in [0.717, 1.165) is 0 Å². The van der Waals surface area contributed by atoms with Crippen LogP contribution in [0.2, 0.25) is 0 Å². The SMILES string of the molecule is COc1ccc(S(=O)(=O)N[C@@H](C)C(=O)OCc2ccc(C(=O)Nc3ccccc3)cc2)cc1. The Morgan fingerprint density at radius 3 is 2.15 bits per heavy atom. The lowest BCUT2D eigenvalue weighted by Gasteiger charge is -2.14. The van der Waals surface area contributed by atoms with Crippen LogP contribution in [0.5, 0.6) is 5.75 Å². The molecule has 2 N–H and O–H groups in total. The number of benzene rings is 3. The molecule has 9 heteroatoms. The van der Waals surface area contributed by atoms with Crippen LogP contribution in [0.3, 0.4) is 0 Å². The zero-order valence-electron chi connectivity index (χ0n) is 18.1. The topological polar surface area (TPSA) is 111 Å². The number of carbonyl (C=O) groups is 2. The normalized spacial score (nSPS) is 11.9. The van der Waals surface area contributed by atoms with E-state index in [9.17, 15) is 18.0 Å². The first-order chi connectivity index (χ1) is 15.8. The molecular formula is C24H24N2O6S. The molecule has 0 fully saturated rings. The van der Waals surface area contributed by atoms with Gasteiger partial charge in [-0.05, 0) is 61.0 Å². The average molecular weight is 469 g/mol. The van der Waals surface area contributed by atoms with Crippen LogP contribution in [0.15, 0.2) is 83.8 Å². The van der Waals surface area contributed by atoms with Gasteiger partial charge in [-0.3, -0.25) is 9.59 Å². The molecule has 0 aliphatic carbocycles. The summed E-state index contributed by atoms with van der Waals surface area (Å²) < 4.78 is 37.4. The van der Waals surface area contributed by atoms with Crippen molar-refractivity contribution in [1.29, 1.82) is 0 Å². The van der Waals surface area contributed by atoms with Gasteiger partial charge in [-0.15, -0.1) is 0 Å². The predicted octanol–water partition coefficient (Wildman–Crippen LogP) is 3.36. The fourth-order valence-corrected chi connectivity index (χ4v) is 4.05. The molecule has 3 aromatic carbocycles.